The van der Waals surface area contributed by atoms with Gasteiger partial charge in [0.1, 0.15) is 0 Å². The van der Waals surface area contributed by atoms with Gasteiger partial charge in [0.25, 0.3) is 0 Å². The molecule has 1 fully saturated rings. The number of aryl methyl sites for hydroxylation is 1. The lowest BCUT2D eigenvalue weighted by Crippen LogP contribution is -2.37. The van der Waals surface area contributed by atoms with Crippen molar-refractivity contribution < 1.29 is 4.79 Å². The molecule has 1 aliphatic heterocycles. The van der Waals surface area contributed by atoms with Gasteiger partial charge in [-0.05, 0) is 25.8 Å². The quantitative estimate of drug-likeness (QED) is 0.855. The summed E-state index contributed by atoms with van der Waals surface area (Å²) in [5.74, 6) is 0.433. The molecule has 2 heterocycles. The second-order valence-electron chi connectivity index (χ2n) is 6.00. The number of aromatic nitrogens is 2. The first-order valence-corrected chi connectivity index (χ1v) is 7.78. The van der Waals surface area contributed by atoms with Crippen LogP contribution in [0.3, 0.4) is 0 Å². The molecule has 0 unspecified atom stereocenters. The maximum absolute atomic E-state index is 11.6. The van der Waals surface area contributed by atoms with Crippen LogP contribution in [0.5, 0.6) is 0 Å². The van der Waals surface area contributed by atoms with Gasteiger partial charge in [0, 0.05) is 37.7 Å². The number of rotatable bonds is 2. The summed E-state index contributed by atoms with van der Waals surface area (Å²) in [5, 5.41) is 0. The maximum Gasteiger partial charge on any atom is 0.219 e. The van der Waals surface area contributed by atoms with Gasteiger partial charge in [0.2, 0.25) is 5.91 Å². The molecule has 1 aromatic heterocycles. The highest BCUT2D eigenvalue weighted by Gasteiger charge is 2.24. The second kappa shape index (κ2) is 6.26. The summed E-state index contributed by atoms with van der Waals surface area (Å²) in [6.07, 6.45) is 5.74. The van der Waals surface area contributed by atoms with Crippen LogP contribution in [0.2, 0.25) is 0 Å². The molecule has 1 saturated heterocycles. The smallest absolute Gasteiger partial charge is 0.219 e. The predicted octanol–water partition coefficient (Wildman–Crippen LogP) is 3.18. The van der Waals surface area contributed by atoms with E-state index >= 15 is 0 Å². The fourth-order valence-corrected chi connectivity index (χ4v) is 3.03. The van der Waals surface area contributed by atoms with Crippen molar-refractivity contribution in [2.24, 2.45) is 0 Å². The third kappa shape index (κ3) is 3.16. The molecule has 0 aliphatic carbocycles. The first-order chi connectivity index (χ1) is 10.6. The Morgan fingerprint density at radius 1 is 1.32 bits per heavy atom. The van der Waals surface area contributed by atoms with Gasteiger partial charge in [-0.3, -0.25) is 9.78 Å². The standard InChI is InChI=1S/C18H21N3O/c1-13-5-3-6-15(9-13)17-10-19-11-18(20-17)16-7-4-8-21(12-16)14(2)22/h3,5-6,9-11,16H,4,7-8,12H2,1-2H3/t16-/m0/s1. The van der Waals surface area contributed by atoms with Crippen LogP contribution in [-0.2, 0) is 4.79 Å². The van der Waals surface area contributed by atoms with Gasteiger partial charge in [0.15, 0.2) is 0 Å². The highest BCUT2D eigenvalue weighted by atomic mass is 16.2. The molecule has 0 bridgehead atoms. The fraction of sp³-hybridized carbons (Fsp3) is 0.389. The summed E-state index contributed by atoms with van der Waals surface area (Å²) in [6, 6.07) is 8.30. The lowest BCUT2D eigenvalue weighted by Gasteiger charge is -2.31. The molecular weight excluding hydrogens is 274 g/mol. The van der Waals surface area contributed by atoms with Crippen LogP contribution in [0.25, 0.3) is 11.3 Å². The number of likely N-dealkylation sites (tertiary alicyclic amines) is 1. The average molecular weight is 295 g/mol. The molecule has 1 aliphatic rings. The van der Waals surface area contributed by atoms with Crippen LogP contribution in [0.1, 0.15) is 36.9 Å². The van der Waals surface area contributed by atoms with E-state index in [1.807, 2.05) is 23.4 Å². The molecule has 0 N–H and O–H groups in total. The van der Waals surface area contributed by atoms with Crippen LogP contribution in [0.4, 0.5) is 0 Å². The van der Waals surface area contributed by atoms with Crippen molar-refractivity contribution in [1.82, 2.24) is 14.9 Å². The first-order valence-electron chi connectivity index (χ1n) is 7.78. The molecule has 22 heavy (non-hydrogen) atoms. The summed E-state index contributed by atoms with van der Waals surface area (Å²) in [6.45, 7) is 5.32. The van der Waals surface area contributed by atoms with Gasteiger partial charge in [-0.15, -0.1) is 0 Å². The Morgan fingerprint density at radius 2 is 2.18 bits per heavy atom. The van der Waals surface area contributed by atoms with E-state index in [9.17, 15) is 4.79 Å². The van der Waals surface area contributed by atoms with Gasteiger partial charge < -0.3 is 4.90 Å². The number of carbonyl (C=O) groups is 1. The summed E-state index contributed by atoms with van der Waals surface area (Å²) in [4.78, 5) is 22.7. The topological polar surface area (TPSA) is 46.1 Å². The number of hydrogen-bond donors (Lipinski definition) is 0. The maximum atomic E-state index is 11.6. The van der Waals surface area contributed by atoms with E-state index in [-0.39, 0.29) is 11.8 Å². The molecular formula is C18H21N3O. The largest absolute Gasteiger partial charge is 0.342 e. The molecule has 4 nitrogen and oxygen atoms in total. The Morgan fingerprint density at radius 3 is 2.95 bits per heavy atom. The minimum Gasteiger partial charge on any atom is -0.342 e. The van der Waals surface area contributed by atoms with Gasteiger partial charge >= 0.3 is 0 Å². The molecule has 0 spiro atoms. The molecule has 4 heteroatoms. The number of carbonyl (C=O) groups excluding carboxylic acids is 1. The van der Waals surface area contributed by atoms with Crippen LogP contribution >= 0.6 is 0 Å². The molecule has 114 valence electrons. The summed E-state index contributed by atoms with van der Waals surface area (Å²) in [5.41, 5.74) is 4.20. The molecule has 1 amide bonds. The second-order valence-corrected chi connectivity index (χ2v) is 6.00. The van der Waals surface area contributed by atoms with Crippen molar-refractivity contribution in [1.29, 1.82) is 0 Å². The van der Waals surface area contributed by atoms with Gasteiger partial charge in [-0.25, -0.2) is 4.98 Å². The highest BCUT2D eigenvalue weighted by molar-refractivity contribution is 5.73. The van der Waals surface area contributed by atoms with Gasteiger partial charge in [-0.2, -0.15) is 0 Å². The van der Waals surface area contributed by atoms with Crippen molar-refractivity contribution >= 4 is 5.91 Å². The normalized spacial score (nSPS) is 18.3. The lowest BCUT2D eigenvalue weighted by molar-refractivity contribution is -0.130. The monoisotopic (exact) mass is 295 g/mol. The average Bonchev–Trinajstić information content (AvgIpc) is 2.55. The third-order valence-corrected chi connectivity index (χ3v) is 4.25. The molecule has 0 saturated carbocycles. The number of nitrogens with zero attached hydrogens (tertiary/aromatic N) is 3. The SMILES string of the molecule is CC(=O)N1CCC[C@H](c2cncc(-c3cccc(C)c3)n2)C1. The Bertz CT molecular complexity index is 684. The highest BCUT2D eigenvalue weighted by Crippen LogP contribution is 2.27. The number of amides is 1. The Kier molecular flexibility index (Phi) is 4.18. The summed E-state index contributed by atoms with van der Waals surface area (Å²) >= 11 is 0. The van der Waals surface area contributed by atoms with E-state index in [2.05, 4.69) is 30.1 Å². The van der Waals surface area contributed by atoms with E-state index in [4.69, 9.17) is 4.98 Å². The minimum absolute atomic E-state index is 0.146. The molecule has 3 rings (SSSR count). The van der Waals surface area contributed by atoms with Crippen LogP contribution in [0, 0.1) is 6.92 Å². The zero-order valence-electron chi connectivity index (χ0n) is 13.1. The number of piperidine rings is 1. The van der Waals surface area contributed by atoms with E-state index in [1.165, 1.54) is 5.56 Å². The number of benzene rings is 1. The predicted molar refractivity (Wildman–Crippen MR) is 86.4 cm³/mol. The van der Waals surface area contributed by atoms with Crippen molar-refractivity contribution in [3.63, 3.8) is 0 Å². The van der Waals surface area contributed by atoms with Crippen LogP contribution in [0.15, 0.2) is 36.7 Å². The first kappa shape index (κ1) is 14.7. The van der Waals surface area contributed by atoms with E-state index < -0.39 is 0 Å². The Labute approximate surface area is 131 Å². The number of hydrogen-bond acceptors (Lipinski definition) is 3. The van der Waals surface area contributed by atoms with Crippen molar-refractivity contribution in [2.75, 3.05) is 13.1 Å². The summed E-state index contributed by atoms with van der Waals surface area (Å²) < 4.78 is 0. The van der Waals surface area contributed by atoms with E-state index in [0.717, 1.165) is 42.9 Å². The molecule has 1 aromatic carbocycles. The van der Waals surface area contributed by atoms with Crippen molar-refractivity contribution in [3.05, 3.63) is 47.9 Å². The van der Waals surface area contributed by atoms with E-state index in [0.29, 0.717) is 0 Å². The van der Waals surface area contributed by atoms with E-state index in [1.54, 1.807) is 6.92 Å². The fourth-order valence-electron chi connectivity index (χ4n) is 3.03. The Balaban J connectivity index is 1.86. The van der Waals surface area contributed by atoms with Crippen LogP contribution < -0.4 is 0 Å². The lowest BCUT2D eigenvalue weighted by atomic mass is 9.94. The third-order valence-electron chi connectivity index (χ3n) is 4.25. The molecule has 0 radical (unpaired) electrons. The zero-order chi connectivity index (χ0) is 15.5. The Hall–Kier alpha value is -2.23. The van der Waals surface area contributed by atoms with Crippen LogP contribution in [-0.4, -0.2) is 33.9 Å². The summed E-state index contributed by atoms with van der Waals surface area (Å²) in [7, 11) is 0. The zero-order valence-corrected chi connectivity index (χ0v) is 13.1. The van der Waals surface area contributed by atoms with Crippen molar-refractivity contribution in [2.45, 2.75) is 32.6 Å². The minimum atomic E-state index is 0.146. The van der Waals surface area contributed by atoms with Crippen molar-refractivity contribution in [3.8, 4) is 11.3 Å². The molecule has 2 aromatic rings. The van der Waals surface area contributed by atoms with Gasteiger partial charge in [-0.1, -0.05) is 23.8 Å². The molecule has 1 atom stereocenters. The van der Waals surface area contributed by atoms with Gasteiger partial charge in [0.05, 0.1) is 17.6 Å².